The molecule has 0 saturated heterocycles. The van der Waals surface area contributed by atoms with Crippen LogP contribution in [0.25, 0.3) is 16.7 Å². The van der Waals surface area contributed by atoms with E-state index in [2.05, 4.69) is 122 Å². The summed E-state index contributed by atoms with van der Waals surface area (Å²) in [5.41, 5.74) is 11.6. The van der Waals surface area contributed by atoms with E-state index in [9.17, 15) is 0 Å². The molecule has 34 heavy (non-hydrogen) atoms. The fraction of sp³-hybridized carbons (Fsp3) is 0.133. The summed E-state index contributed by atoms with van der Waals surface area (Å²) in [7, 11) is 0. The number of halogens is 2. The maximum atomic E-state index is 2.68. The molecular weight excluding hydrogens is 551 g/mol. The van der Waals surface area contributed by atoms with Crippen molar-refractivity contribution in [2.24, 2.45) is 0 Å². The molecule has 0 amide bonds. The molecule has 4 aromatic carbocycles. The van der Waals surface area contributed by atoms with Crippen LogP contribution in [0.15, 0.2) is 109 Å². The van der Waals surface area contributed by atoms with Crippen molar-refractivity contribution in [1.82, 2.24) is 0 Å². The van der Waals surface area contributed by atoms with E-state index in [1.165, 1.54) is 27.8 Å². The van der Waals surface area contributed by atoms with Crippen molar-refractivity contribution >= 4 is 11.0 Å². The molecule has 2 aliphatic carbocycles. The van der Waals surface area contributed by atoms with Crippen LogP contribution in [0, 0.1) is 0 Å². The van der Waals surface area contributed by atoms with Crippen molar-refractivity contribution in [3.63, 3.8) is 0 Å². The van der Waals surface area contributed by atoms with Gasteiger partial charge in [0.05, 0.1) is 0 Å². The zero-order valence-corrected chi connectivity index (χ0v) is 24.3. The van der Waals surface area contributed by atoms with Crippen molar-refractivity contribution < 1.29 is 45.2 Å². The van der Waals surface area contributed by atoms with E-state index >= 15 is 0 Å². The molecule has 1 unspecified atom stereocenters. The summed E-state index contributed by atoms with van der Waals surface area (Å²) in [5.74, 6) is 0. The Morgan fingerprint density at radius 3 is 1.59 bits per heavy atom. The van der Waals surface area contributed by atoms with Crippen molar-refractivity contribution in [3.05, 3.63) is 137 Å². The number of fused-ring (bicyclic) bond motifs is 4. The molecule has 0 bridgehead atoms. The average Bonchev–Trinajstić information content (AvgIpc) is 3.37. The van der Waals surface area contributed by atoms with Gasteiger partial charge in [-0.3, -0.25) is 0 Å². The van der Waals surface area contributed by atoms with Crippen LogP contribution in [0.2, 0.25) is 13.1 Å². The van der Waals surface area contributed by atoms with Crippen LogP contribution in [-0.2, 0) is 20.4 Å². The van der Waals surface area contributed by atoms with Crippen LogP contribution < -0.4 is 24.8 Å². The van der Waals surface area contributed by atoms with Gasteiger partial charge in [-0.25, -0.2) is 0 Å². The zero-order valence-electron chi connectivity index (χ0n) is 19.3. The van der Waals surface area contributed by atoms with E-state index in [1.807, 2.05) is 0 Å². The van der Waals surface area contributed by atoms with Gasteiger partial charge >= 0.3 is 200 Å². The fourth-order valence-corrected chi connectivity index (χ4v) is 25.1. The van der Waals surface area contributed by atoms with Crippen LogP contribution in [0.3, 0.4) is 0 Å². The summed E-state index contributed by atoms with van der Waals surface area (Å²) >= 11 is -2.03. The molecule has 0 aliphatic heterocycles. The monoisotopic (exact) mass is 574 g/mol. The smallest absolute Gasteiger partial charge is 1.00 e. The maximum Gasteiger partial charge on any atom is -1.00 e. The second kappa shape index (κ2) is 10.5. The van der Waals surface area contributed by atoms with E-state index in [0.717, 1.165) is 0 Å². The number of allylic oxidation sites excluding steroid dienone is 1. The van der Waals surface area contributed by atoms with Gasteiger partial charge in [0.2, 0.25) is 0 Å². The number of hydrogen-bond acceptors (Lipinski definition) is 0. The molecule has 0 spiro atoms. The van der Waals surface area contributed by atoms with Gasteiger partial charge in [-0.05, 0) is 0 Å². The van der Waals surface area contributed by atoms with E-state index in [1.54, 1.807) is 16.7 Å². The molecule has 0 aromatic heterocycles. The molecule has 168 valence electrons. The molecule has 4 aromatic rings. The van der Waals surface area contributed by atoms with E-state index in [0.29, 0.717) is 7.25 Å². The number of benzene rings is 4. The molecule has 4 heteroatoms. The Kier molecular flexibility index (Phi) is 7.85. The molecule has 0 saturated carbocycles. The van der Waals surface area contributed by atoms with Crippen molar-refractivity contribution in [3.8, 4) is 11.1 Å². The van der Waals surface area contributed by atoms with Gasteiger partial charge in [0.25, 0.3) is 0 Å². The molecule has 1 atom stereocenters. The zero-order chi connectivity index (χ0) is 21.7. The van der Waals surface area contributed by atoms with Crippen LogP contribution in [-0.4, -0.2) is 5.43 Å². The summed E-state index contributed by atoms with van der Waals surface area (Å²) in [4.78, 5) is 0. The third-order valence-corrected chi connectivity index (χ3v) is 26.2. The third-order valence-electron chi connectivity index (χ3n) is 7.06. The van der Waals surface area contributed by atoms with Crippen LogP contribution >= 0.6 is 0 Å². The first-order valence-electron chi connectivity index (χ1n) is 11.5. The van der Waals surface area contributed by atoms with E-state index < -0.39 is 25.8 Å². The first kappa shape index (κ1) is 25.4. The maximum absolute atomic E-state index is 2.68. The van der Waals surface area contributed by atoms with Gasteiger partial charge in [0.15, 0.2) is 0 Å². The quantitative estimate of drug-likeness (QED) is 0.327. The Labute approximate surface area is 223 Å². The molecule has 0 heterocycles. The second-order valence-electron chi connectivity index (χ2n) is 9.07. The largest absolute Gasteiger partial charge is 1.00 e. The fourth-order valence-electron chi connectivity index (χ4n) is 5.76. The summed E-state index contributed by atoms with van der Waals surface area (Å²) in [6.45, 7) is 5.19. The van der Waals surface area contributed by atoms with Gasteiger partial charge in [0.1, 0.15) is 0 Å². The van der Waals surface area contributed by atoms with Gasteiger partial charge < -0.3 is 24.8 Å². The minimum Gasteiger partial charge on any atom is -1.00 e. The van der Waals surface area contributed by atoms with Crippen LogP contribution in [0.4, 0.5) is 0 Å². The Morgan fingerprint density at radius 2 is 1.03 bits per heavy atom. The summed E-state index contributed by atoms with van der Waals surface area (Å²) in [6, 6.07) is 38.7. The number of rotatable bonds is 3. The number of hydrogen-bond donors (Lipinski definition) is 0. The molecule has 2 aliphatic rings. The van der Waals surface area contributed by atoms with Crippen molar-refractivity contribution in [2.75, 3.05) is 0 Å². The van der Waals surface area contributed by atoms with Gasteiger partial charge in [-0.15, -0.1) is 0 Å². The summed E-state index contributed by atoms with van der Waals surface area (Å²) in [5, 5.41) is 0. The summed E-state index contributed by atoms with van der Waals surface area (Å²) < 4.78 is 1.29. The van der Waals surface area contributed by atoms with Crippen LogP contribution in [0.1, 0.15) is 35.1 Å². The predicted molar refractivity (Wildman–Crippen MR) is 134 cm³/mol. The third kappa shape index (κ3) is 4.14. The van der Waals surface area contributed by atoms with E-state index in [4.69, 9.17) is 0 Å². The van der Waals surface area contributed by atoms with Gasteiger partial charge in [0, 0.05) is 0 Å². The minimum atomic E-state index is -2.03. The molecule has 0 nitrogen and oxygen atoms in total. The molecule has 0 fully saturated rings. The Morgan fingerprint density at radius 1 is 0.559 bits per heavy atom. The van der Waals surface area contributed by atoms with Crippen molar-refractivity contribution in [1.29, 1.82) is 0 Å². The molecular formula is C30H26Cl2SiZr. The first-order valence-corrected chi connectivity index (χ1v) is 20.5. The molecule has 0 radical (unpaired) electrons. The van der Waals surface area contributed by atoms with Crippen LogP contribution in [0.5, 0.6) is 0 Å². The average molecular weight is 577 g/mol. The van der Waals surface area contributed by atoms with Gasteiger partial charge in [-0.1, -0.05) is 0 Å². The topological polar surface area (TPSA) is 0 Å². The minimum absolute atomic E-state index is 0. The normalized spacial score (nSPS) is 15.0. The second-order valence-corrected chi connectivity index (χ2v) is 27.1. The molecule has 6 rings (SSSR count). The Bertz CT molecular complexity index is 1360. The van der Waals surface area contributed by atoms with E-state index in [-0.39, 0.29) is 24.8 Å². The van der Waals surface area contributed by atoms with Gasteiger partial charge in [-0.2, -0.15) is 0 Å². The standard InChI is InChI=1S/C15H11.C13H9.C2H6Si.2ClH.Zr/c1-2-6-12(7-3-1)15-11-10-13-8-4-5-9-14(13)15;1-3-7-12-10(5-1)9-11-6-2-4-8-13(11)12;1-3-2;;;/h1-11H;1-9H;1-2H3;2*1H;/q;;;;;+2/p-2. The summed E-state index contributed by atoms with van der Waals surface area (Å²) in [6.07, 6.45) is 2.68. The predicted octanol–water partition coefficient (Wildman–Crippen LogP) is 1.82. The Balaban J connectivity index is 0.00000137. The first-order chi connectivity index (χ1) is 15.7. The van der Waals surface area contributed by atoms with Crippen molar-refractivity contribution in [2.45, 2.75) is 20.3 Å². The SMILES string of the molecule is C[Si](C)=[Zr+2]([CH]1C=C(c2ccccc2)c2ccccc21)[CH]1c2ccccc2-c2ccccc21.[Cl-].[Cl-]. The molecule has 0 N–H and O–H groups in total. The Hall–Kier alpha value is -1.70.